The number of nitrogens with one attached hydrogen (secondary N) is 3. The van der Waals surface area contributed by atoms with Gasteiger partial charge < -0.3 is 19.8 Å². The summed E-state index contributed by atoms with van der Waals surface area (Å²) in [6, 6.07) is 9.14. The molecule has 10 nitrogen and oxygen atoms in total. The Morgan fingerprint density at radius 3 is 2.63 bits per heavy atom. The molecule has 10 heteroatoms. The summed E-state index contributed by atoms with van der Waals surface area (Å²) in [6.45, 7) is 2.02. The van der Waals surface area contributed by atoms with E-state index in [4.69, 9.17) is 9.15 Å². The van der Waals surface area contributed by atoms with Crippen molar-refractivity contribution in [1.82, 2.24) is 25.8 Å². The number of esters is 1. The Hall–Kier alpha value is -3.95. The molecule has 0 bridgehead atoms. The lowest BCUT2D eigenvalue weighted by molar-refractivity contribution is -0.152. The molecular weight excluding hydrogens is 450 g/mol. The van der Waals surface area contributed by atoms with Crippen molar-refractivity contribution in [1.29, 1.82) is 0 Å². The van der Waals surface area contributed by atoms with Gasteiger partial charge >= 0.3 is 5.97 Å². The van der Waals surface area contributed by atoms with Gasteiger partial charge in [-0.2, -0.15) is 5.10 Å². The van der Waals surface area contributed by atoms with Crippen LogP contribution in [0, 0.1) is 5.92 Å². The van der Waals surface area contributed by atoms with E-state index < -0.39 is 17.4 Å². The van der Waals surface area contributed by atoms with Crippen molar-refractivity contribution in [3.05, 3.63) is 48.0 Å². The fourth-order valence-corrected chi connectivity index (χ4v) is 4.29. The predicted octanol–water partition coefficient (Wildman–Crippen LogP) is 3.09. The van der Waals surface area contributed by atoms with Crippen LogP contribution in [0.3, 0.4) is 0 Å². The molecule has 182 valence electrons. The Kier molecular flexibility index (Phi) is 5.88. The third-order valence-electron chi connectivity index (χ3n) is 6.78. The molecule has 5 rings (SSSR count). The quantitative estimate of drug-likeness (QED) is 0.424. The fourth-order valence-electron chi connectivity index (χ4n) is 4.29. The molecule has 0 radical (unpaired) electrons. The number of amides is 2. The number of H-pyrrole nitrogens is 1. The maximum absolute atomic E-state index is 12.7. The SMILES string of the molecule is COC(=O)C1(NC(=O)c2cnc(-c3cccc(-c4cc(C(=O)NC(C)C5CC5)[nH]n4)c3)o2)CCC1. The molecule has 1 atom stereocenters. The van der Waals surface area contributed by atoms with Crippen LogP contribution < -0.4 is 10.6 Å². The monoisotopic (exact) mass is 477 g/mol. The number of hydrogen-bond acceptors (Lipinski definition) is 7. The van der Waals surface area contributed by atoms with Gasteiger partial charge in [-0.25, -0.2) is 9.78 Å². The van der Waals surface area contributed by atoms with Crippen LogP contribution in [0.25, 0.3) is 22.7 Å². The van der Waals surface area contributed by atoms with E-state index >= 15 is 0 Å². The lowest BCUT2D eigenvalue weighted by Crippen LogP contribution is -2.59. The molecule has 2 amide bonds. The van der Waals surface area contributed by atoms with E-state index in [9.17, 15) is 14.4 Å². The number of rotatable bonds is 8. The number of ether oxygens (including phenoxy) is 1. The highest BCUT2D eigenvalue weighted by molar-refractivity contribution is 5.96. The van der Waals surface area contributed by atoms with Gasteiger partial charge in [0.1, 0.15) is 11.2 Å². The van der Waals surface area contributed by atoms with E-state index in [0.29, 0.717) is 35.7 Å². The van der Waals surface area contributed by atoms with Gasteiger partial charge in [-0.05, 0) is 63.1 Å². The van der Waals surface area contributed by atoms with Crippen LogP contribution in [-0.2, 0) is 9.53 Å². The summed E-state index contributed by atoms with van der Waals surface area (Å²) in [5, 5.41) is 12.8. The molecule has 1 unspecified atom stereocenters. The predicted molar refractivity (Wildman–Crippen MR) is 125 cm³/mol. The molecule has 2 heterocycles. The number of nitrogens with zero attached hydrogens (tertiary/aromatic N) is 2. The summed E-state index contributed by atoms with van der Waals surface area (Å²) in [6.07, 6.45) is 5.52. The third-order valence-corrected chi connectivity index (χ3v) is 6.78. The summed E-state index contributed by atoms with van der Waals surface area (Å²) in [5.74, 6) is -0.343. The molecule has 2 aliphatic carbocycles. The van der Waals surface area contributed by atoms with Crippen molar-refractivity contribution < 1.29 is 23.5 Å². The van der Waals surface area contributed by atoms with Crippen molar-refractivity contribution in [2.45, 2.75) is 50.6 Å². The number of aromatic nitrogens is 3. The van der Waals surface area contributed by atoms with Crippen molar-refractivity contribution >= 4 is 17.8 Å². The van der Waals surface area contributed by atoms with Crippen molar-refractivity contribution in [2.75, 3.05) is 7.11 Å². The molecule has 0 spiro atoms. The van der Waals surface area contributed by atoms with Gasteiger partial charge in [0.15, 0.2) is 0 Å². The molecule has 2 aliphatic rings. The van der Waals surface area contributed by atoms with Crippen LogP contribution in [-0.4, -0.2) is 51.7 Å². The highest BCUT2D eigenvalue weighted by Gasteiger charge is 2.47. The lowest BCUT2D eigenvalue weighted by atomic mass is 9.76. The number of oxazole rings is 1. The molecule has 2 aromatic heterocycles. The highest BCUT2D eigenvalue weighted by atomic mass is 16.5. The highest BCUT2D eigenvalue weighted by Crippen LogP contribution is 2.34. The number of hydrogen-bond donors (Lipinski definition) is 3. The normalized spacial score (nSPS) is 17.2. The van der Waals surface area contributed by atoms with E-state index in [1.807, 2.05) is 25.1 Å². The third kappa shape index (κ3) is 4.55. The first-order valence-corrected chi connectivity index (χ1v) is 11.7. The molecule has 3 N–H and O–H groups in total. The zero-order valence-corrected chi connectivity index (χ0v) is 19.6. The van der Waals surface area contributed by atoms with Gasteiger partial charge in [0, 0.05) is 17.2 Å². The minimum atomic E-state index is -1.00. The Bertz CT molecular complexity index is 1270. The average molecular weight is 478 g/mol. The van der Waals surface area contributed by atoms with Crippen LogP contribution >= 0.6 is 0 Å². The molecule has 0 aliphatic heterocycles. The van der Waals surface area contributed by atoms with E-state index in [0.717, 1.165) is 24.8 Å². The Morgan fingerprint density at radius 2 is 1.94 bits per heavy atom. The summed E-state index contributed by atoms with van der Waals surface area (Å²) in [7, 11) is 1.30. The molecular formula is C25H27N5O5. The second kappa shape index (κ2) is 9.01. The van der Waals surface area contributed by atoms with Crippen molar-refractivity contribution in [3.63, 3.8) is 0 Å². The topological polar surface area (TPSA) is 139 Å². The fraction of sp³-hybridized carbons (Fsp3) is 0.400. The standard InChI is InChI=1S/C25H27N5O5/c1-14(15-7-8-15)27-21(31)19-12-18(29-30-19)16-5-3-6-17(11-16)23-26-13-20(35-23)22(32)28-25(9-4-10-25)24(33)34-2/h3,5-6,11-15H,4,7-10H2,1-2H3,(H,27,31)(H,28,32)(H,29,30). The zero-order valence-electron chi connectivity index (χ0n) is 19.6. The minimum Gasteiger partial charge on any atom is -0.467 e. The maximum atomic E-state index is 12.7. The van der Waals surface area contributed by atoms with Gasteiger partial charge in [0.2, 0.25) is 11.7 Å². The molecule has 1 aromatic carbocycles. The van der Waals surface area contributed by atoms with Crippen LogP contribution in [0.15, 0.2) is 40.9 Å². The van der Waals surface area contributed by atoms with Gasteiger partial charge in [-0.1, -0.05) is 12.1 Å². The summed E-state index contributed by atoms with van der Waals surface area (Å²) < 4.78 is 10.5. The van der Waals surface area contributed by atoms with E-state index in [1.165, 1.54) is 13.3 Å². The van der Waals surface area contributed by atoms with Gasteiger partial charge in [0.25, 0.3) is 11.8 Å². The number of carbonyl (C=O) groups is 3. The molecule has 3 aromatic rings. The second-order valence-corrected chi connectivity index (χ2v) is 9.26. The average Bonchev–Trinajstić information content (AvgIpc) is 3.37. The second-order valence-electron chi connectivity index (χ2n) is 9.26. The van der Waals surface area contributed by atoms with Crippen molar-refractivity contribution in [3.8, 4) is 22.7 Å². The van der Waals surface area contributed by atoms with E-state index in [-0.39, 0.29) is 23.6 Å². The Labute approximate surface area is 201 Å². The van der Waals surface area contributed by atoms with Crippen LogP contribution in [0.1, 0.15) is 60.1 Å². The van der Waals surface area contributed by atoms with E-state index in [1.54, 1.807) is 12.1 Å². The van der Waals surface area contributed by atoms with Gasteiger partial charge in [-0.15, -0.1) is 0 Å². The number of aromatic amines is 1. The summed E-state index contributed by atoms with van der Waals surface area (Å²) in [5.41, 5.74) is 1.40. The summed E-state index contributed by atoms with van der Waals surface area (Å²) >= 11 is 0. The smallest absolute Gasteiger partial charge is 0.331 e. The largest absolute Gasteiger partial charge is 0.467 e. The van der Waals surface area contributed by atoms with Crippen molar-refractivity contribution in [2.24, 2.45) is 5.92 Å². The van der Waals surface area contributed by atoms with Gasteiger partial charge in [-0.3, -0.25) is 14.7 Å². The maximum Gasteiger partial charge on any atom is 0.331 e. The number of methoxy groups -OCH3 is 1. The molecule has 35 heavy (non-hydrogen) atoms. The zero-order chi connectivity index (χ0) is 24.6. The van der Waals surface area contributed by atoms with Crippen LogP contribution in [0.2, 0.25) is 0 Å². The number of benzene rings is 1. The first-order valence-electron chi connectivity index (χ1n) is 11.7. The molecule has 0 saturated heterocycles. The molecule has 2 saturated carbocycles. The first-order chi connectivity index (χ1) is 16.9. The number of carbonyl (C=O) groups excluding carboxylic acids is 3. The Balaban J connectivity index is 1.29. The minimum absolute atomic E-state index is 0.00379. The molecule has 2 fully saturated rings. The van der Waals surface area contributed by atoms with E-state index in [2.05, 4.69) is 25.8 Å². The lowest BCUT2D eigenvalue weighted by Gasteiger charge is -2.38. The first kappa shape index (κ1) is 22.8. The Morgan fingerprint density at radius 1 is 1.17 bits per heavy atom. The van der Waals surface area contributed by atoms with Gasteiger partial charge in [0.05, 0.1) is 19.0 Å². The van der Waals surface area contributed by atoms with Crippen LogP contribution in [0.4, 0.5) is 0 Å². The van der Waals surface area contributed by atoms with Crippen LogP contribution in [0.5, 0.6) is 0 Å². The summed E-state index contributed by atoms with van der Waals surface area (Å²) in [4.78, 5) is 41.5.